The number of carbonyl (C=O) groups is 1. The van der Waals surface area contributed by atoms with Crippen LogP contribution in [0.5, 0.6) is 0 Å². The van der Waals surface area contributed by atoms with E-state index in [1.165, 1.54) is 17.8 Å². The molecule has 3 aromatic rings. The summed E-state index contributed by atoms with van der Waals surface area (Å²) in [6.07, 6.45) is 4.37. The molecule has 0 spiro atoms. The van der Waals surface area contributed by atoms with E-state index in [1.54, 1.807) is 30.3 Å². The molecule has 3 N–H and O–H groups in total. The molecule has 0 aliphatic heterocycles. The third-order valence-corrected chi connectivity index (χ3v) is 7.64. The predicted molar refractivity (Wildman–Crippen MR) is 148 cm³/mol. The van der Waals surface area contributed by atoms with Crippen LogP contribution in [0.1, 0.15) is 31.7 Å². The number of hydrogen-bond donors (Lipinski definition) is 3. The number of benzene rings is 2. The van der Waals surface area contributed by atoms with Gasteiger partial charge in [0, 0.05) is 29.7 Å². The average molecular weight is 530 g/mol. The molecule has 0 saturated carbocycles. The topological polar surface area (TPSA) is 103 Å². The molecule has 8 nitrogen and oxygen atoms in total. The van der Waals surface area contributed by atoms with Gasteiger partial charge in [0.05, 0.1) is 17.1 Å². The maximum Gasteiger partial charge on any atom is 0.261 e. The van der Waals surface area contributed by atoms with E-state index in [2.05, 4.69) is 27.3 Å². The molecular formula is C26H35N5O3S2. The third-order valence-electron chi connectivity index (χ3n) is 5.49. The van der Waals surface area contributed by atoms with Crippen LogP contribution in [0.2, 0.25) is 0 Å². The molecule has 0 fully saturated rings. The van der Waals surface area contributed by atoms with Crippen molar-refractivity contribution in [2.75, 3.05) is 43.8 Å². The summed E-state index contributed by atoms with van der Waals surface area (Å²) in [7, 11) is 0.239. The van der Waals surface area contributed by atoms with E-state index in [1.807, 2.05) is 42.6 Å². The Morgan fingerprint density at radius 2 is 1.86 bits per heavy atom. The molecule has 0 saturated heterocycles. The van der Waals surface area contributed by atoms with Crippen molar-refractivity contribution in [2.24, 2.45) is 0 Å². The zero-order chi connectivity index (χ0) is 26.0. The highest BCUT2D eigenvalue weighted by atomic mass is 32.2. The first-order chi connectivity index (χ1) is 17.3. The Morgan fingerprint density at radius 3 is 2.58 bits per heavy atom. The molecule has 1 heterocycles. The minimum absolute atomic E-state index is 0.160. The van der Waals surface area contributed by atoms with Crippen molar-refractivity contribution in [1.82, 2.24) is 15.2 Å². The van der Waals surface area contributed by atoms with Gasteiger partial charge in [0.25, 0.3) is 10.0 Å². The van der Waals surface area contributed by atoms with Gasteiger partial charge in [-0.15, -0.1) is 11.3 Å². The standard InChI is InChI=1S/C26H35N5O3S2/c1-4-5-6-8-20-11-13-23(14-12-20)36(33,34)30-22-10-7-9-21(17-22)24-19-35-26(28-24)29-25(32)18-27-15-16-31(2)3/h7,9-14,17,19,27,30H,4-6,8,15-16,18H2,1-3H3,(H,28,29,32). The zero-order valence-corrected chi connectivity index (χ0v) is 22.7. The second-order valence-electron chi connectivity index (χ2n) is 8.85. The number of unbranched alkanes of at least 4 members (excludes halogenated alkanes) is 2. The fraction of sp³-hybridized carbons (Fsp3) is 0.385. The van der Waals surface area contributed by atoms with E-state index in [0.717, 1.165) is 43.5 Å². The number of nitrogens with one attached hydrogen (secondary N) is 3. The van der Waals surface area contributed by atoms with Crippen LogP contribution in [-0.2, 0) is 21.2 Å². The van der Waals surface area contributed by atoms with E-state index in [-0.39, 0.29) is 17.3 Å². The minimum atomic E-state index is -3.72. The fourth-order valence-corrected chi connectivity index (χ4v) is 5.29. The van der Waals surface area contributed by atoms with Gasteiger partial charge in [0.2, 0.25) is 5.91 Å². The van der Waals surface area contributed by atoms with Gasteiger partial charge in [0.15, 0.2) is 5.13 Å². The molecule has 194 valence electrons. The smallest absolute Gasteiger partial charge is 0.261 e. The third kappa shape index (κ3) is 8.70. The lowest BCUT2D eigenvalue weighted by Crippen LogP contribution is -2.33. The second-order valence-corrected chi connectivity index (χ2v) is 11.4. The van der Waals surface area contributed by atoms with Gasteiger partial charge >= 0.3 is 0 Å². The van der Waals surface area contributed by atoms with Crippen molar-refractivity contribution in [2.45, 2.75) is 37.5 Å². The molecule has 0 unspecified atom stereocenters. The van der Waals surface area contributed by atoms with Gasteiger partial charge in [-0.05, 0) is 56.8 Å². The summed E-state index contributed by atoms with van der Waals surface area (Å²) >= 11 is 1.32. The molecule has 1 amide bonds. The average Bonchev–Trinajstić information content (AvgIpc) is 3.30. The number of rotatable bonds is 14. The number of aromatic nitrogens is 1. The lowest BCUT2D eigenvalue weighted by Gasteiger charge is -2.10. The summed E-state index contributed by atoms with van der Waals surface area (Å²) < 4.78 is 28.5. The molecule has 10 heteroatoms. The number of nitrogens with zero attached hydrogens (tertiary/aromatic N) is 2. The van der Waals surface area contributed by atoms with E-state index < -0.39 is 10.0 Å². The fourth-order valence-electron chi connectivity index (χ4n) is 3.50. The molecule has 0 atom stereocenters. The lowest BCUT2D eigenvalue weighted by atomic mass is 10.1. The second kappa shape index (κ2) is 13.5. The number of aryl methyl sites for hydroxylation is 1. The van der Waals surface area contributed by atoms with Gasteiger partial charge in [-0.25, -0.2) is 13.4 Å². The van der Waals surface area contributed by atoms with Gasteiger partial charge in [-0.1, -0.05) is 44.0 Å². The van der Waals surface area contributed by atoms with Crippen molar-refractivity contribution < 1.29 is 13.2 Å². The Kier molecular flexibility index (Phi) is 10.4. The summed E-state index contributed by atoms with van der Waals surface area (Å²) in [5, 5.41) is 8.21. The highest BCUT2D eigenvalue weighted by Gasteiger charge is 2.15. The lowest BCUT2D eigenvalue weighted by molar-refractivity contribution is -0.115. The minimum Gasteiger partial charge on any atom is -0.308 e. The summed E-state index contributed by atoms with van der Waals surface area (Å²) in [5.74, 6) is -0.160. The summed E-state index contributed by atoms with van der Waals surface area (Å²) in [6.45, 7) is 3.93. The molecule has 0 bridgehead atoms. The van der Waals surface area contributed by atoms with Crippen LogP contribution in [0, 0.1) is 0 Å². The van der Waals surface area contributed by atoms with Crippen LogP contribution >= 0.6 is 11.3 Å². The van der Waals surface area contributed by atoms with E-state index in [9.17, 15) is 13.2 Å². The largest absolute Gasteiger partial charge is 0.308 e. The normalized spacial score (nSPS) is 11.6. The summed E-state index contributed by atoms with van der Waals surface area (Å²) in [5.41, 5.74) is 3.00. The number of carbonyl (C=O) groups excluding carboxylic acids is 1. The van der Waals surface area contributed by atoms with Crippen LogP contribution in [0.15, 0.2) is 58.8 Å². The molecule has 1 aromatic heterocycles. The Morgan fingerprint density at radius 1 is 1.08 bits per heavy atom. The zero-order valence-electron chi connectivity index (χ0n) is 21.1. The van der Waals surface area contributed by atoms with Crippen molar-refractivity contribution in [3.05, 3.63) is 59.5 Å². The quantitative estimate of drug-likeness (QED) is 0.267. The molecule has 0 aliphatic carbocycles. The van der Waals surface area contributed by atoms with Crippen LogP contribution in [0.4, 0.5) is 10.8 Å². The molecule has 2 aromatic carbocycles. The molecule has 3 rings (SSSR count). The first kappa shape index (κ1) is 27.8. The Bertz CT molecular complexity index is 1220. The Balaban J connectivity index is 1.60. The molecular weight excluding hydrogens is 494 g/mol. The number of amides is 1. The van der Waals surface area contributed by atoms with Crippen molar-refractivity contribution in [3.63, 3.8) is 0 Å². The predicted octanol–water partition coefficient (Wildman–Crippen LogP) is 4.43. The monoisotopic (exact) mass is 529 g/mol. The number of sulfonamides is 1. The van der Waals surface area contributed by atoms with E-state index in [4.69, 9.17) is 0 Å². The highest BCUT2D eigenvalue weighted by molar-refractivity contribution is 7.92. The van der Waals surface area contributed by atoms with E-state index in [0.29, 0.717) is 16.5 Å². The maximum absolute atomic E-state index is 12.9. The first-order valence-electron chi connectivity index (χ1n) is 12.1. The van der Waals surface area contributed by atoms with Crippen molar-refractivity contribution >= 4 is 38.1 Å². The SMILES string of the molecule is CCCCCc1ccc(S(=O)(=O)Nc2cccc(-c3csc(NC(=O)CNCCN(C)C)n3)c2)cc1. The Labute approximate surface area is 218 Å². The van der Waals surface area contributed by atoms with E-state index >= 15 is 0 Å². The first-order valence-corrected chi connectivity index (χ1v) is 14.5. The van der Waals surface area contributed by atoms with Gasteiger partial charge in [0.1, 0.15) is 0 Å². The van der Waals surface area contributed by atoms with Crippen LogP contribution in [0.3, 0.4) is 0 Å². The number of anilines is 2. The number of likely N-dealkylation sites (N-methyl/N-ethyl adjacent to an activating group) is 1. The number of hydrogen-bond acceptors (Lipinski definition) is 7. The summed E-state index contributed by atoms with van der Waals surface area (Å²) in [4.78, 5) is 18.9. The molecule has 0 radical (unpaired) electrons. The van der Waals surface area contributed by atoms with Crippen LogP contribution in [0.25, 0.3) is 11.3 Å². The van der Waals surface area contributed by atoms with Gasteiger partial charge in [-0.3, -0.25) is 9.52 Å². The van der Waals surface area contributed by atoms with Crippen molar-refractivity contribution in [1.29, 1.82) is 0 Å². The maximum atomic E-state index is 12.9. The van der Waals surface area contributed by atoms with Gasteiger partial charge < -0.3 is 15.5 Å². The van der Waals surface area contributed by atoms with Crippen LogP contribution in [-0.4, -0.2) is 57.9 Å². The Hall–Kier alpha value is -2.79. The van der Waals surface area contributed by atoms with Gasteiger partial charge in [-0.2, -0.15) is 0 Å². The highest BCUT2D eigenvalue weighted by Crippen LogP contribution is 2.27. The molecule has 0 aliphatic rings. The van der Waals surface area contributed by atoms with Crippen LogP contribution < -0.4 is 15.4 Å². The summed E-state index contributed by atoms with van der Waals surface area (Å²) in [6, 6.07) is 14.1. The molecule has 36 heavy (non-hydrogen) atoms. The van der Waals surface area contributed by atoms with Crippen molar-refractivity contribution in [3.8, 4) is 11.3 Å². The number of thiazole rings is 1.